The van der Waals surface area contributed by atoms with Gasteiger partial charge in [-0.3, -0.25) is 4.79 Å². The lowest BCUT2D eigenvalue weighted by Crippen LogP contribution is -2.41. The number of ether oxygens (including phenoxy) is 1. The van der Waals surface area contributed by atoms with Crippen LogP contribution >= 0.6 is 0 Å². The molecule has 0 aromatic heterocycles. The van der Waals surface area contributed by atoms with Gasteiger partial charge in [-0.25, -0.2) is 8.42 Å². The van der Waals surface area contributed by atoms with Gasteiger partial charge in [0.1, 0.15) is 6.04 Å². The third-order valence-corrected chi connectivity index (χ3v) is 7.59. The molecule has 27 heavy (non-hydrogen) atoms. The molecule has 1 aromatic carbocycles. The molecule has 7 nitrogen and oxygen atoms in total. The Hall–Kier alpha value is -1.42. The van der Waals surface area contributed by atoms with Crippen LogP contribution in [0.5, 0.6) is 0 Å². The summed E-state index contributed by atoms with van der Waals surface area (Å²) >= 11 is 0. The van der Waals surface area contributed by atoms with E-state index in [0.717, 1.165) is 0 Å². The first-order valence-electron chi connectivity index (χ1n) is 9.07. The van der Waals surface area contributed by atoms with Crippen molar-refractivity contribution < 1.29 is 27.3 Å². The molecule has 0 unspecified atom stereocenters. The minimum absolute atomic E-state index is 0.140. The van der Waals surface area contributed by atoms with Gasteiger partial charge in [0.05, 0.1) is 22.7 Å². The molecular formula is C18H26BNO6S. The van der Waals surface area contributed by atoms with E-state index < -0.39 is 40.4 Å². The molecule has 0 amide bonds. The molecule has 2 aliphatic rings. The van der Waals surface area contributed by atoms with Crippen LogP contribution in [0.15, 0.2) is 23.1 Å². The van der Waals surface area contributed by atoms with Gasteiger partial charge in [0.25, 0.3) is 0 Å². The average Bonchev–Trinajstić information content (AvgIpc) is 2.96. The molecule has 2 aliphatic heterocycles. The van der Waals surface area contributed by atoms with Crippen molar-refractivity contribution in [3.8, 4) is 0 Å². The first-order chi connectivity index (χ1) is 12.4. The Bertz CT molecular complexity index is 851. The maximum Gasteiger partial charge on any atom is 0.494 e. The minimum atomic E-state index is -3.80. The maximum atomic E-state index is 13.0. The third-order valence-electron chi connectivity index (χ3n) is 5.59. The van der Waals surface area contributed by atoms with E-state index >= 15 is 0 Å². The summed E-state index contributed by atoms with van der Waals surface area (Å²) in [5, 5.41) is 0. The van der Waals surface area contributed by atoms with Gasteiger partial charge in [-0.1, -0.05) is 12.1 Å². The van der Waals surface area contributed by atoms with Gasteiger partial charge < -0.3 is 14.0 Å². The third kappa shape index (κ3) is 3.31. The first-order valence-corrected chi connectivity index (χ1v) is 10.5. The fourth-order valence-electron chi connectivity index (χ4n) is 3.17. The Morgan fingerprint density at radius 2 is 1.85 bits per heavy atom. The minimum Gasteiger partial charge on any atom is -0.465 e. The van der Waals surface area contributed by atoms with E-state index in [-0.39, 0.29) is 18.0 Å². The molecule has 2 heterocycles. The number of esters is 1. The van der Waals surface area contributed by atoms with Crippen molar-refractivity contribution in [2.75, 3.05) is 6.61 Å². The summed E-state index contributed by atoms with van der Waals surface area (Å²) in [5.74, 6) is -0.555. The highest BCUT2D eigenvalue weighted by Crippen LogP contribution is 2.37. The first kappa shape index (κ1) is 20.3. The van der Waals surface area contributed by atoms with Gasteiger partial charge in [-0.05, 0) is 58.6 Å². The maximum absolute atomic E-state index is 13.0. The van der Waals surface area contributed by atoms with Crippen LogP contribution in [0, 0.1) is 0 Å². The second-order valence-corrected chi connectivity index (χ2v) is 9.79. The molecule has 1 fully saturated rings. The zero-order chi connectivity index (χ0) is 20.2. The molecule has 1 saturated heterocycles. The summed E-state index contributed by atoms with van der Waals surface area (Å²) in [6, 6.07) is 4.27. The molecule has 1 aromatic rings. The quantitative estimate of drug-likeness (QED) is 0.567. The number of sulfonamides is 1. The summed E-state index contributed by atoms with van der Waals surface area (Å²) < 4.78 is 44.2. The van der Waals surface area contributed by atoms with Crippen molar-refractivity contribution in [1.82, 2.24) is 4.31 Å². The van der Waals surface area contributed by atoms with E-state index in [9.17, 15) is 13.2 Å². The lowest BCUT2D eigenvalue weighted by molar-refractivity contribution is -0.147. The number of rotatable bonds is 4. The Balaban J connectivity index is 1.91. The number of hydrogen-bond acceptors (Lipinski definition) is 6. The van der Waals surface area contributed by atoms with Crippen LogP contribution in [0.25, 0.3) is 0 Å². The molecule has 0 aliphatic carbocycles. The smallest absolute Gasteiger partial charge is 0.465 e. The summed E-state index contributed by atoms with van der Waals surface area (Å²) in [6.45, 7) is 11.3. The molecule has 3 rings (SSSR count). The van der Waals surface area contributed by atoms with Crippen molar-refractivity contribution in [3.63, 3.8) is 0 Å². The number of carbonyl (C=O) groups is 1. The second-order valence-electron chi connectivity index (χ2n) is 7.93. The van der Waals surface area contributed by atoms with Gasteiger partial charge in [-0.15, -0.1) is 0 Å². The van der Waals surface area contributed by atoms with E-state index in [2.05, 4.69) is 0 Å². The molecular weight excluding hydrogens is 369 g/mol. The monoisotopic (exact) mass is 395 g/mol. The van der Waals surface area contributed by atoms with Crippen molar-refractivity contribution in [2.45, 2.75) is 70.2 Å². The van der Waals surface area contributed by atoms with Crippen LogP contribution in [-0.4, -0.2) is 49.7 Å². The summed E-state index contributed by atoms with van der Waals surface area (Å²) in [6.07, 6.45) is 0. The molecule has 0 saturated carbocycles. The molecule has 0 N–H and O–H groups in total. The van der Waals surface area contributed by atoms with Gasteiger partial charge in [0, 0.05) is 6.54 Å². The summed E-state index contributed by atoms with van der Waals surface area (Å²) in [5.41, 5.74) is 0.257. The van der Waals surface area contributed by atoms with E-state index in [1.807, 2.05) is 33.8 Å². The zero-order valence-electron chi connectivity index (χ0n) is 16.6. The van der Waals surface area contributed by atoms with E-state index in [0.29, 0.717) is 11.0 Å². The van der Waals surface area contributed by atoms with Gasteiger partial charge in [-0.2, -0.15) is 4.31 Å². The number of benzene rings is 1. The highest BCUT2D eigenvalue weighted by molar-refractivity contribution is 7.89. The van der Waals surface area contributed by atoms with Crippen molar-refractivity contribution in [3.05, 3.63) is 23.8 Å². The van der Waals surface area contributed by atoms with Crippen molar-refractivity contribution in [1.29, 1.82) is 0 Å². The van der Waals surface area contributed by atoms with Crippen molar-refractivity contribution >= 4 is 28.6 Å². The standard InChI is InChI=1S/C18H26BNO6S/c1-7-24-16(21)12(2)20-11-13-8-9-14(10-15(13)27(20,22)23)19-25-17(3,4)18(5,6)26-19/h8-10,12H,7,11H2,1-6H3/t12-/m1/s1. The van der Waals surface area contributed by atoms with Crippen LogP contribution in [0.2, 0.25) is 0 Å². The zero-order valence-corrected chi connectivity index (χ0v) is 17.4. The fourth-order valence-corrected chi connectivity index (χ4v) is 4.99. The van der Waals surface area contributed by atoms with Crippen LogP contribution < -0.4 is 5.46 Å². The molecule has 148 valence electrons. The normalized spacial score (nSPS) is 23.9. The number of nitrogens with zero attached hydrogens (tertiary/aromatic N) is 1. The predicted molar refractivity (Wildman–Crippen MR) is 101 cm³/mol. The van der Waals surface area contributed by atoms with Crippen LogP contribution in [0.1, 0.15) is 47.1 Å². The largest absolute Gasteiger partial charge is 0.494 e. The lowest BCUT2D eigenvalue weighted by atomic mass is 9.79. The van der Waals surface area contributed by atoms with E-state index in [4.69, 9.17) is 14.0 Å². The molecule has 0 bridgehead atoms. The van der Waals surface area contributed by atoms with Crippen molar-refractivity contribution in [2.24, 2.45) is 0 Å². The van der Waals surface area contributed by atoms with Crippen LogP contribution in [0.4, 0.5) is 0 Å². The lowest BCUT2D eigenvalue weighted by Gasteiger charge is -2.32. The van der Waals surface area contributed by atoms with E-state index in [1.165, 1.54) is 11.2 Å². The SMILES string of the molecule is CCOC(=O)[C@@H](C)N1Cc2ccc(B3OC(C)(C)C(C)(C)O3)cc2S1(=O)=O. The molecule has 1 atom stereocenters. The number of carbonyl (C=O) groups excluding carboxylic acids is 1. The Kier molecular flexibility index (Phi) is 4.95. The summed E-state index contributed by atoms with van der Waals surface area (Å²) in [4.78, 5) is 12.2. The number of fused-ring (bicyclic) bond motifs is 1. The van der Waals surface area contributed by atoms with Gasteiger partial charge >= 0.3 is 13.1 Å². The second kappa shape index (κ2) is 6.58. The highest BCUT2D eigenvalue weighted by Gasteiger charge is 2.52. The molecule has 0 spiro atoms. The van der Waals surface area contributed by atoms with E-state index in [1.54, 1.807) is 19.1 Å². The van der Waals surface area contributed by atoms with Crippen LogP contribution in [-0.2, 0) is 35.4 Å². The molecule has 0 radical (unpaired) electrons. The van der Waals surface area contributed by atoms with Crippen LogP contribution in [0.3, 0.4) is 0 Å². The summed E-state index contributed by atoms with van der Waals surface area (Å²) in [7, 11) is -4.44. The number of hydrogen-bond donors (Lipinski definition) is 0. The highest BCUT2D eigenvalue weighted by atomic mass is 32.2. The Labute approximate surface area is 161 Å². The van der Waals surface area contributed by atoms with Gasteiger partial charge in [0.15, 0.2) is 0 Å². The molecule has 9 heteroatoms. The topological polar surface area (TPSA) is 82.1 Å². The Morgan fingerprint density at radius 3 is 2.41 bits per heavy atom. The Morgan fingerprint density at radius 1 is 1.26 bits per heavy atom. The fraction of sp³-hybridized carbons (Fsp3) is 0.611. The predicted octanol–water partition coefficient (Wildman–Crippen LogP) is 1.44. The van der Waals surface area contributed by atoms with Gasteiger partial charge in [0.2, 0.25) is 10.0 Å². The average molecular weight is 395 g/mol.